The van der Waals surface area contributed by atoms with Crippen LogP contribution in [0.1, 0.15) is 32.8 Å². The van der Waals surface area contributed by atoms with Gasteiger partial charge in [0, 0.05) is 44.4 Å². The van der Waals surface area contributed by atoms with Crippen molar-refractivity contribution in [1.29, 1.82) is 0 Å². The van der Waals surface area contributed by atoms with Gasteiger partial charge in [0.05, 0.1) is 19.4 Å². The first-order valence-corrected chi connectivity index (χ1v) is 14.8. The quantitative estimate of drug-likeness (QED) is 0.328. The van der Waals surface area contributed by atoms with Gasteiger partial charge in [-0.1, -0.05) is 24.3 Å². The number of pyridine rings is 1. The van der Waals surface area contributed by atoms with Crippen LogP contribution in [0.4, 0.5) is 8.78 Å². The van der Waals surface area contributed by atoms with Gasteiger partial charge in [-0.2, -0.15) is 0 Å². The number of aromatic nitrogens is 1. The third kappa shape index (κ3) is 5.36. The van der Waals surface area contributed by atoms with Gasteiger partial charge in [0.15, 0.2) is 17.1 Å². The Bertz CT molecular complexity index is 1650. The molecule has 42 heavy (non-hydrogen) atoms. The summed E-state index contributed by atoms with van der Waals surface area (Å²) in [5, 5.41) is 14.8. The normalized spacial score (nSPS) is 19.5. The first-order valence-electron chi connectivity index (χ1n) is 12.9. The average Bonchev–Trinajstić information content (AvgIpc) is 3.43. The third-order valence-corrected chi connectivity index (χ3v) is 8.69. The second-order valence-corrected chi connectivity index (χ2v) is 12.0. The number of halogens is 2. The molecule has 1 saturated heterocycles. The molecule has 5 rings (SSSR count). The molecule has 0 bridgehead atoms. The van der Waals surface area contributed by atoms with E-state index in [-0.39, 0.29) is 38.0 Å². The number of nitrogens with one attached hydrogen (secondary N) is 1. The molecule has 4 N–H and O–H groups in total. The standard InChI is InChI=1S/C27H28F2N5O7P/c1-32-26(38)22-24(36)23(35)20(25(37)31-14-17-7-8-18(28)13-21(17)29)15-33(22)34(27(32)9-11-40-16-27)10-12-42(30,39)41-19-5-3-2-4-6-19/h2-8,13,15,36H,9-12,14,16H2,1H3,(H2,30,39)(H,31,37)/t27-,42?/m0/s1. The highest BCUT2D eigenvalue weighted by Gasteiger charge is 2.52. The van der Waals surface area contributed by atoms with E-state index in [1.54, 1.807) is 35.3 Å². The zero-order valence-electron chi connectivity index (χ0n) is 22.5. The van der Waals surface area contributed by atoms with Gasteiger partial charge in [-0.25, -0.2) is 14.3 Å². The summed E-state index contributed by atoms with van der Waals surface area (Å²) in [7, 11) is -2.27. The van der Waals surface area contributed by atoms with E-state index < -0.39 is 59.1 Å². The van der Waals surface area contributed by atoms with E-state index in [1.807, 2.05) is 0 Å². The van der Waals surface area contributed by atoms with Gasteiger partial charge in [-0.05, 0) is 18.2 Å². The summed E-state index contributed by atoms with van der Waals surface area (Å²) >= 11 is 0. The van der Waals surface area contributed by atoms with E-state index in [2.05, 4.69) is 5.32 Å². The zero-order chi connectivity index (χ0) is 30.2. The maximum absolute atomic E-state index is 14.1. The van der Waals surface area contributed by atoms with Crippen LogP contribution in [-0.2, 0) is 15.8 Å². The van der Waals surface area contributed by atoms with Crippen LogP contribution in [0.2, 0.25) is 0 Å². The Balaban J connectivity index is 1.50. The van der Waals surface area contributed by atoms with E-state index in [0.29, 0.717) is 18.2 Å². The highest BCUT2D eigenvalue weighted by atomic mass is 31.2. The van der Waals surface area contributed by atoms with Gasteiger partial charge >= 0.3 is 7.52 Å². The number of fused-ring (bicyclic) bond motifs is 1. The number of likely N-dealkylation sites (N-methyl/N-ethyl adjacent to an activating group) is 1. The van der Waals surface area contributed by atoms with Crippen LogP contribution >= 0.6 is 7.52 Å². The lowest BCUT2D eigenvalue weighted by Gasteiger charge is -2.52. The maximum atomic E-state index is 14.1. The third-order valence-electron chi connectivity index (χ3n) is 7.34. The number of aromatic hydroxyl groups is 1. The molecule has 2 aromatic carbocycles. The van der Waals surface area contributed by atoms with Crippen molar-refractivity contribution in [3.05, 3.63) is 93.4 Å². The Morgan fingerprint density at radius 1 is 1.21 bits per heavy atom. The zero-order valence-corrected chi connectivity index (χ0v) is 23.4. The van der Waals surface area contributed by atoms with Crippen LogP contribution in [0, 0.1) is 11.6 Å². The summed E-state index contributed by atoms with van der Waals surface area (Å²) in [6.07, 6.45) is 1.17. The van der Waals surface area contributed by atoms with E-state index >= 15 is 0 Å². The number of rotatable bonds is 8. The van der Waals surface area contributed by atoms with E-state index in [9.17, 15) is 32.8 Å². The molecule has 222 valence electrons. The number of hydrogen-bond donors (Lipinski definition) is 3. The minimum Gasteiger partial charge on any atom is -0.502 e. The largest absolute Gasteiger partial charge is 0.502 e. The molecule has 0 radical (unpaired) electrons. The Morgan fingerprint density at radius 2 is 1.95 bits per heavy atom. The molecule has 2 aliphatic rings. The second-order valence-electron chi connectivity index (χ2n) is 9.96. The highest BCUT2D eigenvalue weighted by Crippen LogP contribution is 2.41. The Morgan fingerprint density at radius 3 is 2.62 bits per heavy atom. The summed E-state index contributed by atoms with van der Waals surface area (Å²) in [5.41, 5.74) is 2.78. The molecule has 2 amide bonds. The predicted octanol–water partition coefficient (Wildman–Crippen LogP) is 2.13. The average molecular weight is 604 g/mol. The van der Waals surface area contributed by atoms with Crippen LogP contribution in [0.15, 0.2) is 59.5 Å². The number of nitrogens with zero attached hydrogens (tertiary/aromatic N) is 3. The summed E-state index contributed by atoms with van der Waals surface area (Å²) in [5.74, 6) is -4.06. The minimum absolute atomic E-state index is 0.0291. The van der Waals surface area contributed by atoms with E-state index in [0.717, 1.165) is 18.3 Å². The van der Waals surface area contributed by atoms with Gasteiger partial charge < -0.3 is 24.6 Å². The Labute approximate surface area is 238 Å². The van der Waals surface area contributed by atoms with Gasteiger partial charge in [0.1, 0.15) is 22.9 Å². The predicted molar refractivity (Wildman–Crippen MR) is 147 cm³/mol. The summed E-state index contributed by atoms with van der Waals surface area (Å²) < 4.78 is 52.9. The molecule has 2 aliphatic heterocycles. The molecule has 3 heterocycles. The summed E-state index contributed by atoms with van der Waals surface area (Å²) in [6, 6.07) is 11.2. The fraction of sp³-hybridized carbons (Fsp3) is 0.296. The molecule has 1 aromatic heterocycles. The SMILES string of the molecule is CN1C(=O)c2c(O)c(=O)c(C(=O)NCc3ccc(F)cc3F)cn2N(CCP(N)(=O)Oc2ccccc2)[C@]12CCOC2. The summed E-state index contributed by atoms with van der Waals surface area (Å²) in [4.78, 5) is 40.9. The fourth-order valence-corrected chi connectivity index (χ4v) is 6.10. The maximum Gasteiger partial charge on any atom is 0.315 e. The number of carbonyl (C=O) groups excluding carboxylic acids is 2. The first-order chi connectivity index (χ1) is 19.9. The van der Waals surface area contributed by atoms with Crippen molar-refractivity contribution in [3.63, 3.8) is 0 Å². The molecule has 15 heteroatoms. The number of ether oxygens (including phenoxy) is 1. The number of hydrogen-bond acceptors (Lipinski definition) is 8. The van der Waals surface area contributed by atoms with Crippen molar-refractivity contribution < 1.29 is 37.3 Å². The molecule has 0 aliphatic carbocycles. The van der Waals surface area contributed by atoms with Crippen LogP contribution in [-0.4, -0.2) is 65.1 Å². The molecule has 1 unspecified atom stereocenters. The molecule has 1 fully saturated rings. The van der Waals surface area contributed by atoms with Crippen molar-refractivity contribution in [3.8, 4) is 11.5 Å². The smallest absolute Gasteiger partial charge is 0.315 e. The monoisotopic (exact) mass is 603 g/mol. The molecule has 12 nitrogen and oxygen atoms in total. The Hall–Kier alpha value is -4.26. The van der Waals surface area contributed by atoms with E-state index in [1.165, 1.54) is 16.6 Å². The van der Waals surface area contributed by atoms with Crippen LogP contribution < -0.4 is 25.8 Å². The van der Waals surface area contributed by atoms with Crippen LogP contribution in [0.3, 0.4) is 0 Å². The topological polar surface area (TPSA) is 156 Å². The fourth-order valence-electron chi connectivity index (χ4n) is 5.06. The number of para-hydroxylation sites is 1. The molecule has 0 saturated carbocycles. The highest BCUT2D eigenvalue weighted by molar-refractivity contribution is 7.56. The lowest BCUT2D eigenvalue weighted by Crippen LogP contribution is -2.70. The van der Waals surface area contributed by atoms with Gasteiger partial charge in [-0.3, -0.25) is 28.6 Å². The van der Waals surface area contributed by atoms with Gasteiger partial charge in [-0.15, -0.1) is 0 Å². The van der Waals surface area contributed by atoms with E-state index in [4.69, 9.17) is 14.8 Å². The van der Waals surface area contributed by atoms with Gasteiger partial charge in [0.2, 0.25) is 5.43 Å². The molecule has 3 aromatic rings. The molecular formula is C27H28F2N5O7P. The number of amides is 2. The second kappa shape index (κ2) is 11.2. The molecular weight excluding hydrogens is 575 g/mol. The van der Waals surface area contributed by atoms with Gasteiger partial charge in [0.25, 0.3) is 11.8 Å². The van der Waals surface area contributed by atoms with Crippen LogP contribution in [0.25, 0.3) is 0 Å². The number of carbonyl (C=O) groups is 2. The lowest BCUT2D eigenvalue weighted by molar-refractivity contribution is 0.0307. The van der Waals surface area contributed by atoms with Crippen molar-refractivity contribution in [2.24, 2.45) is 5.50 Å². The van der Waals surface area contributed by atoms with Crippen molar-refractivity contribution in [2.75, 3.05) is 38.0 Å². The molecule has 2 atom stereocenters. The Kier molecular flexibility index (Phi) is 7.80. The van der Waals surface area contributed by atoms with Crippen molar-refractivity contribution in [2.45, 2.75) is 18.6 Å². The number of benzene rings is 2. The minimum atomic E-state index is -3.76. The lowest BCUT2D eigenvalue weighted by atomic mass is 10.0. The van der Waals surface area contributed by atoms with Crippen LogP contribution in [0.5, 0.6) is 11.5 Å². The van der Waals surface area contributed by atoms with Crippen molar-refractivity contribution in [1.82, 2.24) is 14.9 Å². The first kappa shape index (κ1) is 29.2. The number of nitrogens with two attached hydrogens (primary N) is 1. The molecule has 1 spiro atoms. The van der Waals surface area contributed by atoms with Crippen molar-refractivity contribution >= 4 is 19.3 Å². The summed E-state index contributed by atoms with van der Waals surface area (Å²) in [6.45, 7) is -0.184.